The number of hydrogen-bond donors (Lipinski definition) is 3. The molecule has 0 radical (unpaired) electrons. The van der Waals surface area contributed by atoms with Crippen LogP contribution in [0.5, 0.6) is 0 Å². The summed E-state index contributed by atoms with van der Waals surface area (Å²) in [6, 6.07) is 0. The molecule has 0 bridgehead atoms. The molecule has 3 N–H and O–H groups in total. The van der Waals surface area contributed by atoms with E-state index >= 15 is 0 Å². The second-order valence-electron chi connectivity index (χ2n) is 3.73. The molecule has 0 aliphatic heterocycles. The topological polar surface area (TPSA) is 78.8 Å². The molecule has 0 aliphatic carbocycles. The summed E-state index contributed by atoms with van der Waals surface area (Å²) >= 11 is 0. The quantitative estimate of drug-likeness (QED) is 0.240. The molecule has 0 rings (SSSR count). The third kappa shape index (κ3) is 6.55. The van der Waals surface area contributed by atoms with Gasteiger partial charge in [-0.05, 0) is 33.2 Å². The fourth-order valence-corrected chi connectivity index (χ4v) is 1.01. The van der Waals surface area contributed by atoms with Gasteiger partial charge in [0.1, 0.15) is 6.10 Å². The Labute approximate surface area is 96.1 Å². The molecular weight excluding hydrogens is 210 g/mol. The summed E-state index contributed by atoms with van der Waals surface area (Å²) in [5, 5.41) is 20.9. The summed E-state index contributed by atoms with van der Waals surface area (Å²) < 4.78 is 4.99. The molecule has 0 aromatic rings. The first-order chi connectivity index (χ1) is 7.49. The Balaban J connectivity index is 3.98. The Morgan fingerprint density at radius 1 is 1.50 bits per heavy atom. The van der Waals surface area contributed by atoms with E-state index in [1.165, 1.54) is 6.92 Å². The summed E-state index contributed by atoms with van der Waals surface area (Å²) in [6.45, 7) is 7.25. The minimum absolute atomic E-state index is 0.132. The Morgan fingerprint density at radius 3 is 2.56 bits per heavy atom. The number of ether oxygens (including phenoxy) is 1. The molecule has 0 saturated carbocycles. The largest absolute Gasteiger partial charge is 0.440 e. The van der Waals surface area contributed by atoms with Crippen LogP contribution >= 0.6 is 0 Å². The number of rotatable bonds is 8. The Morgan fingerprint density at radius 2 is 2.12 bits per heavy atom. The average Bonchev–Trinajstić information content (AvgIpc) is 2.21. The van der Waals surface area contributed by atoms with Crippen molar-refractivity contribution >= 4 is 5.97 Å². The van der Waals surface area contributed by atoms with Crippen molar-refractivity contribution in [3.05, 3.63) is 12.2 Å². The van der Waals surface area contributed by atoms with Gasteiger partial charge in [-0.3, -0.25) is 5.32 Å². The van der Waals surface area contributed by atoms with E-state index in [4.69, 9.17) is 9.84 Å². The lowest BCUT2D eigenvalue weighted by molar-refractivity contribution is -0.152. The molecule has 2 unspecified atom stereocenters. The lowest BCUT2D eigenvalue weighted by Gasteiger charge is -2.21. The highest BCUT2D eigenvalue weighted by molar-refractivity contribution is 5.87. The summed E-state index contributed by atoms with van der Waals surface area (Å²) in [6.07, 6.45) is -0.0986. The first-order valence-electron chi connectivity index (χ1n) is 5.37. The first kappa shape index (κ1) is 15.1. The second-order valence-corrected chi connectivity index (χ2v) is 3.73. The van der Waals surface area contributed by atoms with Crippen molar-refractivity contribution in [1.29, 1.82) is 0 Å². The second kappa shape index (κ2) is 8.27. The lowest BCUT2D eigenvalue weighted by atomic mass is 10.3. The molecular formula is C11H21NO4. The molecule has 16 heavy (non-hydrogen) atoms. The molecule has 0 aromatic carbocycles. The van der Waals surface area contributed by atoms with Crippen LogP contribution in [0.2, 0.25) is 0 Å². The van der Waals surface area contributed by atoms with Crippen molar-refractivity contribution in [2.45, 2.75) is 39.0 Å². The molecule has 0 heterocycles. The van der Waals surface area contributed by atoms with Crippen LogP contribution in [-0.2, 0) is 9.53 Å². The predicted octanol–water partition coefficient (Wildman–Crippen LogP) is 0.175. The van der Waals surface area contributed by atoms with Crippen molar-refractivity contribution in [2.24, 2.45) is 0 Å². The minimum atomic E-state index is -0.794. The number of hydrogen-bond acceptors (Lipinski definition) is 5. The van der Waals surface area contributed by atoms with Gasteiger partial charge in [-0.2, -0.15) is 0 Å². The highest BCUT2D eigenvalue weighted by Gasteiger charge is 2.18. The molecule has 0 aromatic heterocycles. The molecule has 0 amide bonds. The van der Waals surface area contributed by atoms with Crippen LogP contribution in [-0.4, -0.2) is 41.7 Å². The van der Waals surface area contributed by atoms with Gasteiger partial charge in [0, 0.05) is 12.2 Å². The van der Waals surface area contributed by atoms with Gasteiger partial charge in [0.05, 0.1) is 0 Å². The van der Waals surface area contributed by atoms with E-state index in [1.807, 2.05) is 0 Å². The zero-order valence-electron chi connectivity index (χ0n) is 9.90. The number of aliphatic hydroxyl groups is 2. The van der Waals surface area contributed by atoms with Gasteiger partial charge in [0.15, 0.2) is 6.23 Å². The molecule has 0 fully saturated rings. The van der Waals surface area contributed by atoms with Gasteiger partial charge in [-0.25, -0.2) is 4.79 Å². The predicted molar refractivity (Wildman–Crippen MR) is 60.7 cm³/mol. The highest BCUT2D eigenvalue weighted by atomic mass is 16.6. The van der Waals surface area contributed by atoms with Crippen LogP contribution in [0.3, 0.4) is 0 Å². The molecule has 0 spiro atoms. The van der Waals surface area contributed by atoms with E-state index in [2.05, 4.69) is 11.9 Å². The number of aliphatic hydroxyl groups excluding tert-OH is 2. The molecule has 5 heteroatoms. The Kier molecular flexibility index (Phi) is 7.80. The number of nitrogens with one attached hydrogen (secondary N) is 1. The van der Waals surface area contributed by atoms with Gasteiger partial charge in [0.25, 0.3) is 0 Å². The maximum atomic E-state index is 11.2. The number of carbonyl (C=O) groups excluding carboxylic acids is 1. The van der Waals surface area contributed by atoms with Crippen molar-refractivity contribution < 1.29 is 19.7 Å². The zero-order chi connectivity index (χ0) is 12.6. The maximum absolute atomic E-state index is 11.2. The van der Waals surface area contributed by atoms with Crippen LogP contribution in [0.4, 0.5) is 0 Å². The summed E-state index contributed by atoms with van der Waals surface area (Å²) in [4.78, 5) is 11.2. The Bertz CT molecular complexity index is 228. The maximum Gasteiger partial charge on any atom is 0.334 e. The third-order valence-corrected chi connectivity index (χ3v) is 1.95. The Hall–Kier alpha value is -0.910. The monoisotopic (exact) mass is 231 g/mol. The average molecular weight is 231 g/mol. The van der Waals surface area contributed by atoms with Crippen molar-refractivity contribution in [2.75, 3.05) is 13.2 Å². The number of esters is 1. The molecule has 0 saturated heterocycles. The van der Waals surface area contributed by atoms with Crippen molar-refractivity contribution in [3.63, 3.8) is 0 Å². The molecule has 94 valence electrons. The minimum Gasteiger partial charge on any atom is -0.440 e. The van der Waals surface area contributed by atoms with Gasteiger partial charge in [0.2, 0.25) is 0 Å². The molecule has 0 aliphatic rings. The van der Waals surface area contributed by atoms with Crippen LogP contribution < -0.4 is 5.32 Å². The standard InChI is InChI=1S/C11H21NO4/c1-8(2)11(15)16-10(9(3)14)12-6-4-5-7-13/h9-10,12-14H,1,4-7H2,2-3H3. The van der Waals surface area contributed by atoms with E-state index in [0.717, 1.165) is 6.42 Å². The van der Waals surface area contributed by atoms with Crippen LogP contribution in [0, 0.1) is 0 Å². The van der Waals surface area contributed by atoms with E-state index in [9.17, 15) is 9.90 Å². The van der Waals surface area contributed by atoms with Crippen molar-refractivity contribution in [3.8, 4) is 0 Å². The normalized spacial score (nSPS) is 14.2. The van der Waals surface area contributed by atoms with Gasteiger partial charge < -0.3 is 14.9 Å². The lowest BCUT2D eigenvalue weighted by Crippen LogP contribution is -2.42. The van der Waals surface area contributed by atoms with E-state index in [1.54, 1.807) is 6.92 Å². The van der Waals surface area contributed by atoms with Crippen molar-refractivity contribution in [1.82, 2.24) is 5.32 Å². The van der Waals surface area contributed by atoms with Crippen LogP contribution in [0.15, 0.2) is 12.2 Å². The zero-order valence-corrected chi connectivity index (χ0v) is 9.90. The van der Waals surface area contributed by atoms with Gasteiger partial charge >= 0.3 is 5.97 Å². The number of unbranched alkanes of at least 4 members (excludes halogenated alkanes) is 1. The summed E-state index contributed by atoms with van der Waals surface area (Å²) in [5.41, 5.74) is 0.294. The third-order valence-electron chi connectivity index (χ3n) is 1.95. The van der Waals surface area contributed by atoms with E-state index in [0.29, 0.717) is 18.5 Å². The SMILES string of the molecule is C=C(C)C(=O)OC(NCCCCO)C(C)O. The fraction of sp³-hybridized carbons (Fsp3) is 0.727. The summed E-state index contributed by atoms with van der Waals surface area (Å²) in [7, 11) is 0. The van der Waals surface area contributed by atoms with Gasteiger partial charge in [-0.15, -0.1) is 0 Å². The highest BCUT2D eigenvalue weighted by Crippen LogP contribution is 2.01. The fourth-order valence-electron chi connectivity index (χ4n) is 1.01. The number of carbonyl (C=O) groups is 1. The van der Waals surface area contributed by atoms with E-state index in [-0.39, 0.29) is 6.61 Å². The molecule has 2 atom stereocenters. The first-order valence-corrected chi connectivity index (χ1v) is 5.37. The smallest absolute Gasteiger partial charge is 0.334 e. The van der Waals surface area contributed by atoms with E-state index < -0.39 is 18.3 Å². The van der Waals surface area contributed by atoms with Crippen LogP contribution in [0.25, 0.3) is 0 Å². The van der Waals surface area contributed by atoms with Gasteiger partial charge in [-0.1, -0.05) is 6.58 Å². The summed E-state index contributed by atoms with van der Waals surface area (Å²) in [5.74, 6) is -0.527. The van der Waals surface area contributed by atoms with Crippen LogP contribution in [0.1, 0.15) is 26.7 Å². The molecule has 5 nitrogen and oxygen atoms in total.